The Hall–Kier alpha value is -1.85. The summed E-state index contributed by atoms with van der Waals surface area (Å²) in [6.07, 6.45) is 1.39. The zero-order valence-corrected chi connectivity index (χ0v) is 10.6. The number of primary amides is 1. The van der Waals surface area contributed by atoms with Crippen molar-refractivity contribution in [2.75, 3.05) is 13.1 Å². The van der Waals surface area contributed by atoms with E-state index in [1.165, 1.54) is 18.7 Å². The van der Waals surface area contributed by atoms with Crippen molar-refractivity contribution in [2.24, 2.45) is 11.7 Å². The zero-order chi connectivity index (χ0) is 13.9. The minimum absolute atomic E-state index is 0.0289. The van der Waals surface area contributed by atoms with Gasteiger partial charge < -0.3 is 15.7 Å². The van der Waals surface area contributed by atoms with E-state index in [2.05, 4.69) is 0 Å². The molecule has 1 atom stereocenters. The van der Waals surface area contributed by atoms with Crippen molar-refractivity contribution in [3.05, 3.63) is 11.1 Å². The maximum absolute atomic E-state index is 12.1. The van der Waals surface area contributed by atoms with Gasteiger partial charge in [0.2, 0.25) is 11.8 Å². The third-order valence-corrected chi connectivity index (χ3v) is 3.32. The molecule has 6 heteroatoms. The van der Waals surface area contributed by atoms with Crippen LogP contribution in [0.15, 0.2) is 11.1 Å². The number of hydrogen-bond acceptors (Lipinski definition) is 3. The smallest absolute Gasteiger partial charge is 0.331 e. The lowest BCUT2D eigenvalue weighted by molar-refractivity contribution is -0.135. The molecule has 0 bridgehead atoms. The van der Waals surface area contributed by atoms with Gasteiger partial charge in [-0.05, 0) is 26.7 Å². The van der Waals surface area contributed by atoms with E-state index in [9.17, 15) is 14.4 Å². The van der Waals surface area contributed by atoms with Crippen molar-refractivity contribution in [3.8, 4) is 0 Å². The van der Waals surface area contributed by atoms with Crippen LogP contribution < -0.4 is 5.73 Å². The van der Waals surface area contributed by atoms with E-state index < -0.39 is 11.9 Å². The van der Waals surface area contributed by atoms with Gasteiger partial charge in [-0.1, -0.05) is 0 Å². The van der Waals surface area contributed by atoms with Crippen molar-refractivity contribution < 1.29 is 19.5 Å². The summed E-state index contributed by atoms with van der Waals surface area (Å²) in [5, 5.41) is 8.84. The summed E-state index contributed by atoms with van der Waals surface area (Å²) in [5.41, 5.74) is 5.46. The van der Waals surface area contributed by atoms with Crippen LogP contribution in [0.2, 0.25) is 0 Å². The zero-order valence-electron chi connectivity index (χ0n) is 10.6. The van der Waals surface area contributed by atoms with Crippen molar-refractivity contribution >= 4 is 17.8 Å². The maximum Gasteiger partial charge on any atom is 0.331 e. The van der Waals surface area contributed by atoms with Crippen LogP contribution in [0.4, 0.5) is 0 Å². The first-order chi connectivity index (χ1) is 8.34. The van der Waals surface area contributed by atoms with Gasteiger partial charge in [0.15, 0.2) is 0 Å². The fraction of sp³-hybridized carbons (Fsp3) is 0.583. The number of likely N-dealkylation sites (tertiary alicyclic amines) is 1. The molecule has 6 nitrogen and oxygen atoms in total. The molecular formula is C12H18N2O4. The van der Waals surface area contributed by atoms with Crippen molar-refractivity contribution in [1.29, 1.82) is 0 Å². The number of piperidine rings is 1. The van der Waals surface area contributed by atoms with E-state index in [1.807, 2.05) is 0 Å². The van der Waals surface area contributed by atoms with E-state index in [0.717, 1.165) is 0 Å². The average Bonchev–Trinajstić information content (AvgIpc) is 2.36. The van der Waals surface area contributed by atoms with Gasteiger partial charge in [-0.2, -0.15) is 0 Å². The van der Waals surface area contributed by atoms with Crippen LogP contribution in [-0.2, 0) is 14.4 Å². The molecule has 0 radical (unpaired) electrons. The summed E-state index contributed by atoms with van der Waals surface area (Å²) < 4.78 is 0. The maximum atomic E-state index is 12.1. The van der Waals surface area contributed by atoms with Crippen LogP contribution in [0.1, 0.15) is 26.7 Å². The van der Waals surface area contributed by atoms with Gasteiger partial charge in [0.1, 0.15) is 0 Å². The van der Waals surface area contributed by atoms with Gasteiger partial charge in [-0.25, -0.2) is 4.79 Å². The Morgan fingerprint density at radius 2 is 1.83 bits per heavy atom. The van der Waals surface area contributed by atoms with Crippen LogP contribution in [0.25, 0.3) is 0 Å². The summed E-state index contributed by atoms with van der Waals surface area (Å²) in [6, 6.07) is 0. The number of carboxylic acid groups (broad SMARTS) is 1. The molecule has 1 fully saturated rings. The molecule has 0 aliphatic carbocycles. The number of aliphatic carboxylic acids is 1. The molecule has 1 aliphatic rings. The Kier molecular flexibility index (Phi) is 4.47. The minimum atomic E-state index is -1.11. The Balaban J connectivity index is 2.82. The van der Waals surface area contributed by atoms with Gasteiger partial charge in [0, 0.05) is 24.2 Å². The lowest BCUT2D eigenvalue weighted by atomic mass is 9.96. The van der Waals surface area contributed by atoms with Gasteiger partial charge in [0.05, 0.1) is 5.92 Å². The van der Waals surface area contributed by atoms with Crippen LogP contribution in [0.5, 0.6) is 0 Å². The van der Waals surface area contributed by atoms with Gasteiger partial charge in [-0.15, -0.1) is 0 Å². The number of carboxylic acids is 1. The molecule has 1 rings (SSSR count). The first-order valence-corrected chi connectivity index (χ1v) is 5.84. The van der Waals surface area contributed by atoms with Crippen molar-refractivity contribution in [2.45, 2.75) is 26.7 Å². The second-order valence-corrected chi connectivity index (χ2v) is 4.55. The third kappa shape index (κ3) is 3.09. The molecule has 1 heterocycles. The highest BCUT2D eigenvalue weighted by Gasteiger charge is 2.28. The topological polar surface area (TPSA) is 101 Å². The van der Waals surface area contributed by atoms with Crippen LogP contribution in [0.3, 0.4) is 0 Å². The highest BCUT2D eigenvalue weighted by atomic mass is 16.4. The van der Waals surface area contributed by atoms with Gasteiger partial charge in [-0.3, -0.25) is 9.59 Å². The highest BCUT2D eigenvalue weighted by molar-refractivity contribution is 6.01. The van der Waals surface area contributed by atoms with E-state index >= 15 is 0 Å². The van der Waals surface area contributed by atoms with Crippen LogP contribution in [-0.4, -0.2) is 40.9 Å². The van der Waals surface area contributed by atoms with Gasteiger partial charge in [0.25, 0.3) is 0 Å². The summed E-state index contributed by atoms with van der Waals surface area (Å²) in [5.74, 6) is -2.19. The van der Waals surface area contributed by atoms with Crippen molar-refractivity contribution in [1.82, 2.24) is 4.90 Å². The molecule has 1 aliphatic heterocycles. The lowest BCUT2D eigenvalue weighted by Gasteiger charge is -2.31. The molecule has 1 saturated heterocycles. The molecule has 0 aromatic carbocycles. The number of nitrogens with two attached hydrogens (primary N) is 1. The normalized spacial score (nSPS) is 21.2. The summed E-state index contributed by atoms with van der Waals surface area (Å²) in [6.45, 7) is 3.69. The second-order valence-electron chi connectivity index (χ2n) is 4.55. The van der Waals surface area contributed by atoms with E-state index in [1.54, 1.807) is 0 Å². The summed E-state index contributed by atoms with van der Waals surface area (Å²) >= 11 is 0. The molecule has 0 spiro atoms. The molecule has 0 aromatic heterocycles. The lowest BCUT2D eigenvalue weighted by Crippen LogP contribution is -2.44. The fourth-order valence-corrected chi connectivity index (χ4v) is 1.95. The fourth-order valence-electron chi connectivity index (χ4n) is 1.95. The Bertz CT molecular complexity index is 414. The molecule has 100 valence electrons. The molecule has 0 saturated carbocycles. The quantitative estimate of drug-likeness (QED) is 0.699. The first-order valence-electron chi connectivity index (χ1n) is 5.84. The molecule has 0 aromatic rings. The molecule has 3 N–H and O–H groups in total. The molecule has 18 heavy (non-hydrogen) atoms. The van der Waals surface area contributed by atoms with Crippen LogP contribution in [0, 0.1) is 5.92 Å². The average molecular weight is 254 g/mol. The molecular weight excluding hydrogens is 236 g/mol. The summed E-state index contributed by atoms with van der Waals surface area (Å²) in [7, 11) is 0. The third-order valence-electron chi connectivity index (χ3n) is 3.32. The SMILES string of the molecule is C/C(C(=O)O)=C(\C)C(=O)N1CCCC(C(N)=O)C1. The Morgan fingerprint density at radius 3 is 2.33 bits per heavy atom. The largest absolute Gasteiger partial charge is 0.478 e. The number of amides is 2. The van der Waals surface area contributed by atoms with Crippen molar-refractivity contribution in [3.63, 3.8) is 0 Å². The first kappa shape index (κ1) is 14.2. The van der Waals surface area contributed by atoms with E-state index in [0.29, 0.717) is 19.4 Å². The van der Waals surface area contributed by atoms with E-state index in [-0.39, 0.29) is 29.5 Å². The number of hydrogen-bond donors (Lipinski definition) is 2. The molecule has 1 unspecified atom stereocenters. The highest BCUT2D eigenvalue weighted by Crippen LogP contribution is 2.18. The van der Waals surface area contributed by atoms with Crippen LogP contribution >= 0.6 is 0 Å². The Labute approximate surface area is 105 Å². The number of carbonyl (C=O) groups excluding carboxylic acids is 2. The summed E-state index contributed by atoms with van der Waals surface area (Å²) in [4.78, 5) is 35.5. The number of rotatable bonds is 3. The second kappa shape index (κ2) is 5.66. The van der Waals surface area contributed by atoms with Gasteiger partial charge >= 0.3 is 5.97 Å². The number of nitrogens with zero attached hydrogens (tertiary/aromatic N) is 1. The predicted octanol–water partition coefficient (Wildman–Crippen LogP) is 0.131. The molecule has 2 amide bonds. The standard InChI is InChI=1S/C12H18N2O4/c1-7(8(2)12(17)18)11(16)14-5-3-4-9(6-14)10(13)15/h9H,3-6H2,1-2H3,(H2,13,15)(H,17,18)/b8-7-. The minimum Gasteiger partial charge on any atom is -0.478 e. The monoisotopic (exact) mass is 254 g/mol. The Morgan fingerprint density at radius 1 is 1.22 bits per heavy atom. The number of carbonyl (C=O) groups is 3. The predicted molar refractivity (Wildman–Crippen MR) is 64.5 cm³/mol. The van der Waals surface area contributed by atoms with E-state index in [4.69, 9.17) is 10.8 Å².